The zero-order valence-electron chi connectivity index (χ0n) is 16.8. The van der Waals surface area contributed by atoms with Crippen LogP contribution in [-0.4, -0.2) is 52.5 Å². The summed E-state index contributed by atoms with van der Waals surface area (Å²) in [5.41, 5.74) is 2.04. The van der Waals surface area contributed by atoms with Gasteiger partial charge in [0.2, 0.25) is 0 Å². The van der Waals surface area contributed by atoms with Gasteiger partial charge in [0.1, 0.15) is 29.8 Å². The largest absolute Gasteiger partial charge is 0.352 e. The van der Waals surface area contributed by atoms with E-state index in [9.17, 15) is 13.6 Å². The Morgan fingerprint density at radius 3 is 2.59 bits per heavy atom. The number of fused-ring (bicyclic) bond motifs is 2. The van der Waals surface area contributed by atoms with E-state index in [1.54, 1.807) is 11.3 Å². The lowest BCUT2D eigenvalue weighted by molar-refractivity contribution is -0.129. The van der Waals surface area contributed by atoms with E-state index >= 15 is 0 Å². The Morgan fingerprint density at radius 2 is 1.93 bits per heavy atom. The van der Waals surface area contributed by atoms with Gasteiger partial charge < -0.3 is 4.90 Å². The number of amides is 1. The fourth-order valence-corrected chi connectivity index (χ4v) is 4.01. The molecule has 154 valence electrons. The van der Waals surface area contributed by atoms with E-state index < -0.39 is 11.6 Å². The summed E-state index contributed by atoms with van der Waals surface area (Å²) >= 11 is 0. The minimum atomic E-state index is -0.664. The number of nitrogens with zero attached hydrogens (tertiary/aromatic N) is 4. The molecule has 0 atom stereocenters. The zero-order valence-corrected chi connectivity index (χ0v) is 16.8. The summed E-state index contributed by atoms with van der Waals surface area (Å²) in [7, 11) is 1.54. The lowest BCUT2D eigenvalue weighted by Crippen LogP contribution is -2.49. The van der Waals surface area contributed by atoms with Gasteiger partial charge >= 0.3 is 0 Å². The van der Waals surface area contributed by atoms with Crippen molar-refractivity contribution in [2.24, 2.45) is 0 Å². The van der Waals surface area contributed by atoms with Crippen LogP contribution in [0.25, 0.3) is 0 Å². The van der Waals surface area contributed by atoms with Gasteiger partial charge in [0, 0.05) is 18.7 Å². The molecule has 0 bridgehead atoms. The van der Waals surface area contributed by atoms with Crippen LogP contribution in [0.2, 0.25) is 0 Å². The molecule has 1 aromatic rings. The molecule has 0 aromatic heterocycles. The number of rotatable bonds is 5. The van der Waals surface area contributed by atoms with Crippen molar-refractivity contribution in [1.29, 1.82) is 0 Å². The maximum absolute atomic E-state index is 14.3. The van der Waals surface area contributed by atoms with Gasteiger partial charge in [0.25, 0.3) is 5.91 Å². The lowest BCUT2D eigenvalue weighted by atomic mass is 10.1. The van der Waals surface area contributed by atoms with Crippen molar-refractivity contribution in [3.8, 4) is 0 Å². The molecule has 8 heteroatoms. The molecule has 29 heavy (non-hydrogen) atoms. The number of benzene rings is 1. The van der Waals surface area contributed by atoms with Gasteiger partial charge in [-0.25, -0.2) is 13.8 Å². The topological polar surface area (TPSA) is 39.3 Å². The summed E-state index contributed by atoms with van der Waals surface area (Å²) in [6, 6.07) is 3.74. The molecular weight excluding hydrogens is 378 g/mol. The Morgan fingerprint density at radius 1 is 1.21 bits per heavy atom. The molecule has 3 aliphatic rings. The van der Waals surface area contributed by atoms with Crippen LogP contribution in [0.15, 0.2) is 53.3 Å². The molecule has 0 aliphatic carbocycles. The highest BCUT2D eigenvalue weighted by atomic mass is 19.1. The standard InChI is InChI=1S/C21H24F2N4O2/c1-4-8-24-10-14(2)9-18-20(24)27-13-25(29-3)12-19(27)21(28)26(18)11-15-16(22)6-5-7-17(15)23/h5-7,9,12H,4,8,10-11,13H2,1-3H3. The molecule has 6 nitrogen and oxygen atoms in total. The van der Waals surface area contributed by atoms with Crippen molar-refractivity contribution in [3.05, 3.63) is 70.5 Å². The van der Waals surface area contributed by atoms with Crippen molar-refractivity contribution in [3.63, 3.8) is 0 Å². The van der Waals surface area contributed by atoms with Crippen LogP contribution in [0.3, 0.4) is 0 Å². The van der Waals surface area contributed by atoms with E-state index in [-0.39, 0.29) is 18.0 Å². The summed E-state index contributed by atoms with van der Waals surface area (Å²) in [6.07, 6.45) is 4.50. The normalized spacial score (nSPS) is 18.9. The maximum atomic E-state index is 14.3. The van der Waals surface area contributed by atoms with E-state index in [2.05, 4.69) is 11.8 Å². The Kier molecular flexibility index (Phi) is 5.04. The van der Waals surface area contributed by atoms with Crippen molar-refractivity contribution < 1.29 is 18.4 Å². The molecule has 0 unspecified atom stereocenters. The lowest BCUT2D eigenvalue weighted by Gasteiger charge is -2.44. The van der Waals surface area contributed by atoms with Crippen molar-refractivity contribution in [2.45, 2.75) is 26.8 Å². The van der Waals surface area contributed by atoms with Gasteiger partial charge in [0.05, 0.1) is 25.6 Å². The third kappa shape index (κ3) is 3.27. The quantitative estimate of drug-likeness (QED) is 0.757. The van der Waals surface area contributed by atoms with Crippen LogP contribution < -0.4 is 0 Å². The smallest absolute Gasteiger partial charge is 0.277 e. The minimum absolute atomic E-state index is 0.123. The van der Waals surface area contributed by atoms with Gasteiger partial charge in [-0.2, -0.15) is 0 Å². The fraction of sp³-hybridized carbons (Fsp3) is 0.381. The molecule has 0 saturated carbocycles. The Labute approximate surface area is 168 Å². The molecule has 3 aliphatic heterocycles. The molecule has 4 rings (SSSR count). The molecule has 0 radical (unpaired) electrons. The number of carbonyl (C=O) groups is 1. The van der Waals surface area contributed by atoms with Gasteiger partial charge in [0.15, 0.2) is 0 Å². The average molecular weight is 402 g/mol. The SMILES string of the molecule is CCCN1CC(C)=CC2=C1N1CN(OC)C=C1C(=O)N2Cc1c(F)cccc1F. The minimum Gasteiger partial charge on any atom is -0.352 e. The van der Waals surface area contributed by atoms with Crippen LogP contribution >= 0.6 is 0 Å². The molecule has 0 saturated heterocycles. The number of allylic oxidation sites excluding steroid dienone is 1. The van der Waals surface area contributed by atoms with Crippen molar-refractivity contribution in [2.75, 3.05) is 26.9 Å². The second-order valence-electron chi connectivity index (χ2n) is 7.40. The average Bonchev–Trinajstić information content (AvgIpc) is 3.11. The summed E-state index contributed by atoms with van der Waals surface area (Å²) in [6.45, 7) is 5.83. The van der Waals surface area contributed by atoms with Crippen LogP contribution in [0, 0.1) is 11.6 Å². The summed E-state index contributed by atoms with van der Waals surface area (Å²) in [5.74, 6) is -0.778. The molecule has 0 N–H and O–H groups in total. The monoisotopic (exact) mass is 402 g/mol. The molecule has 3 heterocycles. The van der Waals surface area contributed by atoms with Gasteiger partial charge in [-0.1, -0.05) is 18.6 Å². The third-order valence-electron chi connectivity index (χ3n) is 5.31. The molecule has 1 amide bonds. The van der Waals surface area contributed by atoms with Crippen LogP contribution in [0.4, 0.5) is 8.78 Å². The summed E-state index contributed by atoms with van der Waals surface area (Å²) in [4.78, 5) is 24.2. The van der Waals surface area contributed by atoms with Crippen molar-refractivity contribution in [1.82, 2.24) is 19.8 Å². The molecular formula is C21H24F2N4O2. The first kappa shape index (κ1) is 19.4. The molecule has 1 aromatic carbocycles. The first-order chi connectivity index (χ1) is 13.9. The van der Waals surface area contributed by atoms with E-state index in [4.69, 9.17) is 4.84 Å². The molecule has 0 fully saturated rings. The van der Waals surface area contributed by atoms with Gasteiger partial charge in [-0.05, 0) is 31.6 Å². The number of halogens is 2. The third-order valence-corrected chi connectivity index (χ3v) is 5.31. The number of hydrogen-bond acceptors (Lipinski definition) is 5. The summed E-state index contributed by atoms with van der Waals surface area (Å²) in [5, 5.41) is 1.57. The molecule has 0 spiro atoms. The predicted octanol–water partition coefficient (Wildman–Crippen LogP) is 3.13. The first-order valence-electron chi connectivity index (χ1n) is 9.65. The Hall–Kier alpha value is -2.87. The second kappa shape index (κ2) is 7.51. The van der Waals surface area contributed by atoms with E-state index in [0.29, 0.717) is 18.1 Å². The first-order valence-corrected chi connectivity index (χ1v) is 9.65. The Balaban J connectivity index is 1.84. The highest BCUT2D eigenvalue weighted by Crippen LogP contribution is 2.38. The van der Waals surface area contributed by atoms with Crippen LogP contribution in [-0.2, 0) is 16.2 Å². The van der Waals surface area contributed by atoms with Crippen LogP contribution in [0.1, 0.15) is 25.8 Å². The number of hydrogen-bond donors (Lipinski definition) is 0. The Bertz CT molecular complexity index is 920. The highest BCUT2D eigenvalue weighted by Gasteiger charge is 2.43. The second-order valence-corrected chi connectivity index (χ2v) is 7.40. The van der Waals surface area contributed by atoms with Crippen LogP contribution in [0.5, 0.6) is 0 Å². The predicted molar refractivity (Wildman–Crippen MR) is 103 cm³/mol. The van der Waals surface area contributed by atoms with Gasteiger partial charge in [-0.15, -0.1) is 0 Å². The van der Waals surface area contributed by atoms with E-state index in [0.717, 1.165) is 30.9 Å². The summed E-state index contributed by atoms with van der Waals surface area (Å²) < 4.78 is 28.7. The number of carbonyl (C=O) groups excluding carboxylic acids is 1. The zero-order chi connectivity index (χ0) is 20.7. The maximum Gasteiger partial charge on any atom is 0.277 e. The van der Waals surface area contributed by atoms with Gasteiger partial charge in [-0.3, -0.25) is 19.4 Å². The van der Waals surface area contributed by atoms with E-state index in [1.165, 1.54) is 30.2 Å². The van der Waals surface area contributed by atoms with Crippen molar-refractivity contribution >= 4 is 5.91 Å². The number of hydroxylamine groups is 2. The van der Waals surface area contributed by atoms with E-state index in [1.807, 2.05) is 17.9 Å². The highest BCUT2D eigenvalue weighted by molar-refractivity contribution is 5.96. The fourth-order valence-electron chi connectivity index (χ4n) is 4.01.